The fourth-order valence-electron chi connectivity index (χ4n) is 2.11. The summed E-state index contributed by atoms with van der Waals surface area (Å²) in [6.07, 6.45) is 2.21. The van der Waals surface area contributed by atoms with Gasteiger partial charge in [0.2, 0.25) is 0 Å². The highest BCUT2D eigenvalue weighted by Crippen LogP contribution is 2.34. The Morgan fingerprint density at radius 3 is 2.71 bits per heavy atom. The first-order chi connectivity index (χ1) is 7.98. The number of aromatic nitrogens is 1. The van der Waals surface area contributed by atoms with Gasteiger partial charge in [0.15, 0.2) is 0 Å². The van der Waals surface area contributed by atoms with Crippen molar-refractivity contribution in [3.63, 3.8) is 0 Å². The minimum atomic E-state index is -0.0631. The fourth-order valence-corrected chi connectivity index (χ4v) is 3.37. The summed E-state index contributed by atoms with van der Waals surface area (Å²) in [5.41, 5.74) is 1.24. The normalized spacial score (nSPS) is 26.1. The number of rotatable bonds is 2. The molecule has 0 bridgehead atoms. The zero-order valence-electron chi connectivity index (χ0n) is 11.2. The van der Waals surface area contributed by atoms with E-state index in [2.05, 4.69) is 31.5 Å². The van der Waals surface area contributed by atoms with Gasteiger partial charge in [0.25, 0.3) is 0 Å². The number of thiazole rings is 1. The summed E-state index contributed by atoms with van der Waals surface area (Å²) >= 11 is 1.75. The Morgan fingerprint density at radius 2 is 2.24 bits per heavy atom. The molecule has 2 heterocycles. The van der Waals surface area contributed by atoms with E-state index in [1.807, 2.05) is 7.05 Å². The maximum absolute atomic E-state index is 5.63. The van der Waals surface area contributed by atoms with Crippen molar-refractivity contribution in [2.45, 2.75) is 44.6 Å². The van der Waals surface area contributed by atoms with Crippen LogP contribution in [-0.4, -0.2) is 25.2 Å². The van der Waals surface area contributed by atoms with Crippen LogP contribution >= 0.6 is 11.3 Å². The largest absolute Gasteiger partial charge is 0.379 e. The average Bonchev–Trinajstić information content (AvgIpc) is 2.79. The van der Waals surface area contributed by atoms with Crippen molar-refractivity contribution in [2.75, 3.05) is 20.3 Å². The van der Waals surface area contributed by atoms with E-state index < -0.39 is 0 Å². The van der Waals surface area contributed by atoms with Gasteiger partial charge in [-0.25, -0.2) is 4.98 Å². The Balaban J connectivity index is 2.28. The lowest BCUT2D eigenvalue weighted by atomic mass is 9.91. The molecule has 2 rings (SSSR count). The Bertz CT molecular complexity index is 375. The smallest absolute Gasteiger partial charge is 0.115 e. The number of ether oxygens (including phenoxy) is 1. The highest BCUT2D eigenvalue weighted by molar-refractivity contribution is 7.09. The van der Waals surface area contributed by atoms with Crippen molar-refractivity contribution in [2.24, 2.45) is 0 Å². The van der Waals surface area contributed by atoms with Gasteiger partial charge in [0.1, 0.15) is 5.01 Å². The van der Waals surface area contributed by atoms with Gasteiger partial charge in [-0.2, -0.15) is 0 Å². The van der Waals surface area contributed by atoms with Crippen LogP contribution in [0.25, 0.3) is 0 Å². The molecule has 1 aromatic rings. The summed E-state index contributed by atoms with van der Waals surface area (Å²) in [7, 11) is 2.01. The van der Waals surface area contributed by atoms with Gasteiger partial charge < -0.3 is 10.1 Å². The van der Waals surface area contributed by atoms with E-state index in [4.69, 9.17) is 9.72 Å². The molecular formula is C13H22N2OS. The molecule has 0 radical (unpaired) electrons. The van der Waals surface area contributed by atoms with Gasteiger partial charge in [0, 0.05) is 17.4 Å². The molecule has 1 fully saturated rings. The molecule has 1 aromatic heterocycles. The quantitative estimate of drug-likeness (QED) is 0.881. The molecule has 0 aromatic carbocycles. The predicted molar refractivity (Wildman–Crippen MR) is 71.6 cm³/mol. The third kappa shape index (κ3) is 2.54. The molecule has 17 heavy (non-hydrogen) atoms. The van der Waals surface area contributed by atoms with E-state index in [0.29, 0.717) is 0 Å². The van der Waals surface area contributed by atoms with E-state index in [1.165, 1.54) is 10.7 Å². The molecule has 1 saturated heterocycles. The van der Waals surface area contributed by atoms with Gasteiger partial charge in [-0.05, 0) is 19.9 Å². The Kier molecular flexibility index (Phi) is 3.57. The van der Waals surface area contributed by atoms with Crippen LogP contribution in [0, 0.1) is 0 Å². The molecule has 0 amide bonds. The van der Waals surface area contributed by atoms with Crippen LogP contribution in [0.15, 0.2) is 5.38 Å². The van der Waals surface area contributed by atoms with Crippen LogP contribution in [0.1, 0.15) is 44.3 Å². The van der Waals surface area contributed by atoms with Gasteiger partial charge in [0.05, 0.1) is 17.8 Å². The Labute approximate surface area is 108 Å². The van der Waals surface area contributed by atoms with Crippen LogP contribution < -0.4 is 5.32 Å². The lowest BCUT2D eigenvalue weighted by Crippen LogP contribution is -2.47. The summed E-state index contributed by atoms with van der Waals surface area (Å²) in [5.74, 6) is 0. The first-order valence-electron chi connectivity index (χ1n) is 6.21. The van der Waals surface area contributed by atoms with Crippen molar-refractivity contribution in [1.29, 1.82) is 0 Å². The molecule has 0 aliphatic carbocycles. The molecule has 1 aliphatic rings. The molecule has 1 atom stereocenters. The predicted octanol–water partition coefficient (Wildman–Crippen LogP) is 2.67. The van der Waals surface area contributed by atoms with Crippen LogP contribution in [0.3, 0.4) is 0 Å². The first kappa shape index (κ1) is 13.0. The van der Waals surface area contributed by atoms with Gasteiger partial charge in [-0.3, -0.25) is 0 Å². The summed E-state index contributed by atoms with van der Waals surface area (Å²) in [5, 5.41) is 6.78. The number of hydrogen-bond donors (Lipinski definition) is 1. The van der Waals surface area contributed by atoms with E-state index >= 15 is 0 Å². The second-order valence-corrected chi connectivity index (χ2v) is 6.63. The Morgan fingerprint density at radius 1 is 1.47 bits per heavy atom. The third-order valence-corrected chi connectivity index (χ3v) is 4.45. The second kappa shape index (κ2) is 4.67. The van der Waals surface area contributed by atoms with Crippen LogP contribution in [0.4, 0.5) is 0 Å². The van der Waals surface area contributed by atoms with Gasteiger partial charge >= 0.3 is 0 Å². The molecule has 1 unspecified atom stereocenters. The van der Waals surface area contributed by atoms with Crippen molar-refractivity contribution in [3.05, 3.63) is 16.1 Å². The topological polar surface area (TPSA) is 34.2 Å². The third-order valence-electron chi connectivity index (χ3n) is 3.40. The maximum atomic E-state index is 5.63. The van der Waals surface area contributed by atoms with Crippen LogP contribution in [0.5, 0.6) is 0 Å². The maximum Gasteiger partial charge on any atom is 0.115 e. The highest BCUT2D eigenvalue weighted by Gasteiger charge is 2.36. The minimum absolute atomic E-state index is 0.0631. The summed E-state index contributed by atoms with van der Waals surface area (Å²) in [6.45, 7) is 8.22. The van der Waals surface area contributed by atoms with Crippen molar-refractivity contribution < 1.29 is 4.74 Å². The molecule has 0 saturated carbocycles. The highest BCUT2D eigenvalue weighted by atomic mass is 32.1. The van der Waals surface area contributed by atoms with Crippen molar-refractivity contribution in [3.8, 4) is 0 Å². The van der Waals surface area contributed by atoms with Crippen LogP contribution in [-0.2, 0) is 15.7 Å². The second-order valence-electron chi connectivity index (χ2n) is 5.78. The van der Waals surface area contributed by atoms with Gasteiger partial charge in [-0.15, -0.1) is 11.3 Å². The number of likely N-dealkylation sites (N-methyl/N-ethyl adjacent to an activating group) is 1. The molecular weight excluding hydrogens is 232 g/mol. The summed E-state index contributed by atoms with van der Waals surface area (Å²) < 4.78 is 5.63. The lowest BCUT2D eigenvalue weighted by Gasteiger charge is -2.35. The molecule has 96 valence electrons. The number of nitrogens with zero attached hydrogens (tertiary/aromatic N) is 1. The molecule has 3 nitrogen and oxygen atoms in total. The van der Waals surface area contributed by atoms with Gasteiger partial charge in [-0.1, -0.05) is 20.8 Å². The van der Waals surface area contributed by atoms with Crippen molar-refractivity contribution >= 4 is 11.3 Å². The standard InChI is InChI=1S/C13H22N2OS/c1-12(2,3)10-8-17-11(15-10)13(14-4)6-5-7-16-9-13/h8,14H,5-7,9H2,1-4H3. The fraction of sp³-hybridized carbons (Fsp3) is 0.769. The SMILES string of the molecule is CNC1(c2nc(C(C)(C)C)cs2)CCCOC1. The molecule has 1 aliphatic heterocycles. The zero-order valence-corrected chi connectivity index (χ0v) is 12.0. The van der Waals surface area contributed by atoms with E-state index in [0.717, 1.165) is 26.1 Å². The monoisotopic (exact) mass is 254 g/mol. The van der Waals surface area contributed by atoms with E-state index in [-0.39, 0.29) is 11.0 Å². The first-order valence-corrected chi connectivity index (χ1v) is 7.09. The zero-order chi connectivity index (χ0) is 12.5. The minimum Gasteiger partial charge on any atom is -0.379 e. The number of nitrogens with one attached hydrogen (secondary N) is 1. The van der Waals surface area contributed by atoms with Crippen molar-refractivity contribution in [1.82, 2.24) is 10.3 Å². The van der Waals surface area contributed by atoms with Crippen LogP contribution in [0.2, 0.25) is 0 Å². The summed E-state index contributed by atoms with van der Waals surface area (Å²) in [6, 6.07) is 0. The van der Waals surface area contributed by atoms with E-state index in [1.54, 1.807) is 11.3 Å². The molecule has 1 N–H and O–H groups in total. The molecule has 4 heteroatoms. The summed E-state index contributed by atoms with van der Waals surface area (Å²) in [4.78, 5) is 4.82. The molecule has 0 spiro atoms. The number of hydrogen-bond acceptors (Lipinski definition) is 4. The lowest BCUT2D eigenvalue weighted by molar-refractivity contribution is 0.0216. The average molecular weight is 254 g/mol. The Hall–Kier alpha value is -0.450. The van der Waals surface area contributed by atoms with E-state index in [9.17, 15) is 0 Å².